The zero-order chi connectivity index (χ0) is 24.4. The number of carbonyl (C=O) groups excluding carboxylic acids is 1. The Hall–Kier alpha value is -3.89. The van der Waals surface area contributed by atoms with Gasteiger partial charge in [-0.15, -0.1) is 0 Å². The highest BCUT2D eigenvalue weighted by Crippen LogP contribution is 2.26. The molecule has 10 nitrogen and oxygen atoms in total. The molecular weight excluding hydrogens is 444 g/mol. The quantitative estimate of drug-likeness (QED) is 0.422. The van der Waals surface area contributed by atoms with Crippen LogP contribution in [0.5, 0.6) is 0 Å². The minimum atomic E-state index is -0.000905. The van der Waals surface area contributed by atoms with Crippen LogP contribution in [-0.4, -0.2) is 73.3 Å². The lowest BCUT2D eigenvalue weighted by Gasteiger charge is -2.33. The predicted octanol–water partition coefficient (Wildman–Crippen LogP) is 2.69. The Morgan fingerprint density at radius 3 is 2.74 bits per heavy atom. The third kappa shape index (κ3) is 4.84. The number of aliphatic hydroxyl groups excluding tert-OH is 1. The van der Waals surface area contributed by atoms with E-state index in [4.69, 9.17) is 5.11 Å². The summed E-state index contributed by atoms with van der Waals surface area (Å²) in [7, 11) is 0. The van der Waals surface area contributed by atoms with E-state index >= 15 is 0 Å². The van der Waals surface area contributed by atoms with Crippen molar-refractivity contribution in [1.82, 2.24) is 29.5 Å². The molecule has 0 spiro atoms. The van der Waals surface area contributed by atoms with Gasteiger partial charge in [-0.25, -0.2) is 19.5 Å². The lowest BCUT2D eigenvalue weighted by atomic mass is 10.0. The van der Waals surface area contributed by atoms with Gasteiger partial charge in [0.25, 0.3) is 0 Å². The average molecular weight is 473 g/mol. The molecule has 0 radical (unpaired) electrons. The predicted molar refractivity (Wildman–Crippen MR) is 134 cm³/mol. The number of carbonyl (C=O) groups is 1. The van der Waals surface area contributed by atoms with Crippen molar-refractivity contribution >= 4 is 28.9 Å². The van der Waals surface area contributed by atoms with E-state index in [9.17, 15) is 4.79 Å². The maximum atomic E-state index is 12.5. The maximum Gasteiger partial charge on any atom is 0.241 e. The van der Waals surface area contributed by atoms with Crippen molar-refractivity contribution in [2.75, 3.05) is 43.0 Å². The topological polar surface area (TPSA) is 112 Å². The van der Waals surface area contributed by atoms with Crippen LogP contribution in [0.2, 0.25) is 0 Å². The molecule has 35 heavy (non-hydrogen) atoms. The Labute approximate surface area is 203 Å². The van der Waals surface area contributed by atoms with E-state index in [1.165, 1.54) is 5.56 Å². The molecule has 10 heteroatoms. The van der Waals surface area contributed by atoms with Gasteiger partial charge < -0.3 is 15.3 Å². The summed E-state index contributed by atoms with van der Waals surface area (Å²) < 4.78 is 1.88. The van der Waals surface area contributed by atoms with Gasteiger partial charge >= 0.3 is 0 Å². The summed E-state index contributed by atoms with van der Waals surface area (Å²) in [6.45, 7) is 6.45. The number of hydrogen-bond acceptors (Lipinski definition) is 8. The van der Waals surface area contributed by atoms with Crippen molar-refractivity contribution in [1.29, 1.82) is 0 Å². The van der Waals surface area contributed by atoms with Crippen LogP contribution in [0.1, 0.15) is 25.3 Å². The SMILES string of the molecule is CC(C)c1cnn2ccc(-c3ccnc(Nc4ccc(N5CCN(CCO)CC5=O)cn4)n3)cc12. The Kier molecular flexibility index (Phi) is 6.39. The molecule has 1 saturated heterocycles. The van der Waals surface area contributed by atoms with E-state index in [1.807, 2.05) is 46.1 Å². The highest BCUT2D eigenvalue weighted by Gasteiger charge is 2.24. The molecule has 5 heterocycles. The zero-order valence-corrected chi connectivity index (χ0v) is 19.8. The average Bonchev–Trinajstić information content (AvgIpc) is 3.29. The van der Waals surface area contributed by atoms with E-state index < -0.39 is 0 Å². The van der Waals surface area contributed by atoms with Gasteiger partial charge in [0, 0.05) is 43.2 Å². The second-order valence-electron chi connectivity index (χ2n) is 8.84. The first-order valence-electron chi connectivity index (χ1n) is 11.7. The Morgan fingerprint density at radius 2 is 2.00 bits per heavy atom. The second-order valence-corrected chi connectivity index (χ2v) is 8.84. The highest BCUT2D eigenvalue weighted by molar-refractivity contribution is 5.95. The molecule has 0 saturated carbocycles. The number of nitrogens with zero attached hydrogens (tertiary/aromatic N) is 7. The molecule has 1 fully saturated rings. The first kappa shape index (κ1) is 22.9. The molecular formula is C25H28N8O2. The molecule has 2 N–H and O–H groups in total. The molecule has 180 valence electrons. The van der Waals surface area contributed by atoms with Crippen LogP contribution in [-0.2, 0) is 4.79 Å². The summed E-state index contributed by atoms with van der Waals surface area (Å²) in [5.41, 5.74) is 4.77. The fourth-order valence-corrected chi connectivity index (χ4v) is 4.24. The van der Waals surface area contributed by atoms with Gasteiger partial charge in [0.2, 0.25) is 11.9 Å². The van der Waals surface area contributed by atoms with E-state index in [2.05, 4.69) is 45.3 Å². The first-order chi connectivity index (χ1) is 17.0. The molecule has 0 unspecified atom stereocenters. The number of hydrogen-bond donors (Lipinski definition) is 2. The molecule has 5 rings (SSSR count). The monoisotopic (exact) mass is 472 g/mol. The number of aromatic nitrogens is 5. The van der Waals surface area contributed by atoms with E-state index in [1.54, 1.807) is 17.3 Å². The van der Waals surface area contributed by atoms with Gasteiger partial charge in [-0.3, -0.25) is 9.69 Å². The number of fused-ring (bicyclic) bond motifs is 1. The van der Waals surface area contributed by atoms with Gasteiger partial charge in [0.15, 0.2) is 0 Å². The molecule has 1 aliphatic rings. The summed E-state index contributed by atoms with van der Waals surface area (Å²) >= 11 is 0. The van der Waals surface area contributed by atoms with Crippen LogP contribution in [0.25, 0.3) is 16.8 Å². The fraction of sp³-hybridized carbons (Fsp3) is 0.320. The van der Waals surface area contributed by atoms with Crippen LogP contribution >= 0.6 is 0 Å². The molecule has 0 atom stereocenters. The lowest BCUT2D eigenvalue weighted by molar-refractivity contribution is -0.121. The number of amides is 1. The molecule has 0 aromatic carbocycles. The largest absolute Gasteiger partial charge is 0.395 e. The molecule has 4 aromatic heterocycles. The van der Waals surface area contributed by atoms with Crippen molar-refractivity contribution in [3.8, 4) is 11.3 Å². The molecule has 1 aliphatic heterocycles. The van der Waals surface area contributed by atoms with E-state index in [0.717, 1.165) is 29.0 Å². The standard InChI is InChI=1S/C25H28N8O2/c1-17(2)20-15-28-33-8-6-18(13-22(20)33)21-5-7-26-25(29-21)30-23-4-3-19(14-27-23)32-10-9-31(11-12-34)16-24(32)35/h3-8,13-15,17,34H,9-12,16H2,1-2H3,(H,26,27,29,30). The van der Waals surface area contributed by atoms with Crippen molar-refractivity contribution in [2.45, 2.75) is 19.8 Å². The van der Waals surface area contributed by atoms with Gasteiger partial charge in [-0.05, 0) is 36.2 Å². The number of piperazine rings is 1. The van der Waals surface area contributed by atoms with Crippen molar-refractivity contribution < 1.29 is 9.90 Å². The molecule has 0 aliphatic carbocycles. The summed E-state index contributed by atoms with van der Waals surface area (Å²) in [5, 5.41) is 16.7. The van der Waals surface area contributed by atoms with Crippen LogP contribution in [0, 0.1) is 0 Å². The van der Waals surface area contributed by atoms with Crippen molar-refractivity contribution in [3.05, 3.63) is 60.7 Å². The smallest absolute Gasteiger partial charge is 0.241 e. The number of rotatable bonds is 7. The zero-order valence-electron chi connectivity index (χ0n) is 19.8. The summed E-state index contributed by atoms with van der Waals surface area (Å²) in [6, 6.07) is 9.63. The fourth-order valence-electron chi connectivity index (χ4n) is 4.24. The van der Waals surface area contributed by atoms with Crippen LogP contribution in [0.15, 0.2) is 55.1 Å². The normalized spacial score (nSPS) is 14.7. The lowest BCUT2D eigenvalue weighted by Crippen LogP contribution is -2.51. The van der Waals surface area contributed by atoms with Crippen LogP contribution in [0.3, 0.4) is 0 Å². The third-order valence-electron chi connectivity index (χ3n) is 6.14. The minimum absolute atomic E-state index is 0.000905. The minimum Gasteiger partial charge on any atom is -0.395 e. The van der Waals surface area contributed by atoms with Crippen LogP contribution < -0.4 is 10.2 Å². The maximum absolute atomic E-state index is 12.5. The van der Waals surface area contributed by atoms with Gasteiger partial charge in [0.05, 0.1) is 42.4 Å². The number of β-amino-alcohol motifs (C(OH)–C–C–N with tert-alkyl or cyclic N) is 1. The number of anilines is 3. The Bertz CT molecular complexity index is 1340. The third-order valence-corrected chi connectivity index (χ3v) is 6.14. The van der Waals surface area contributed by atoms with Crippen molar-refractivity contribution in [3.63, 3.8) is 0 Å². The Balaban J connectivity index is 1.31. The number of pyridine rings is 2. The number of aliphatic hydroxyl groups is 1. The van der Waals surface area contributed by atoms with Gasteiger partial charge in [0.1, 0.15) is 5.82 Å². The van der Waals surface area contributed by atoms with Crippen molar-refractivity contribution in [2.24, 2.45) is 0 Å². The van der Waals surface area contributed by atoms with E-state index in [-0.39, 0.29) is 12.5 Å². The number of nitrogens with one attached hydrogen (secondary N) is 1. The summed E-state index contributed by atoms with van der Waals surface area (Å²) in [5.74, 6) is 1.40. The van der Waals surface area contributed by atoms with Gasteiger partial charge in [-0.1, -0.05) is 13.8 Å². The molecule has 1 amide bonds. The summed E-state index contributed by atoms with van der Waals surface area (Å²) in [4.78, 5) is 29.6. The van der Waals surface area contributed by atoms with Crippen LogP contribution in [0.4, 0.5) is 17.5 Å². The van der Waals surface area contributed by atoms with E-state index in [0.29, 0.717) is 37.3 Å². The first-order valence-corrected chi connectivity index (χ1v) is 11.7. The van der Waals surface area contributed by atoms with Gasteiger partial charge in [-0.2, -0.15) is 5.10 Å². The summed E-state index contributed by atoms with van der Waals surface area (Å²) in [6.07, 6.45) is 7.24. The Morgan fingerprint density at radius 1 is 1.11 bits per heavy atom. The molecule has 0 bridgehead atoms. The highest BCUT2D eigenvalue weighted by atomic mass is 16.3. The second kappa shape index (κ2) is 9.77. The molecule has 4 aromatic rings.